The largest absolute Gasteiger partial charge is 0.330 e. The van der Waals surface area contributed by atoms with Crippen LogP contribution in [0.3, 0.4) is 0 Å². The van der Waals surface area contributed by atoms with Gasteiger partial charge in [0.2, 0.25) is 0 Å². The van der Waals surface area contributed by atoms with E-state index in [0.717, 1.165) is 5.56 Å². The monoisotopic (exact) mass is 269 g/mol. The highest BCUT2D eigenvalue weighted by atomic mass is 32.2. The Bertz CT molecular complexity index is 484. The van der Waals surface area contributed by atoms with E-state index in [1.807, 2.05) is 12.1 Å². The molecule has 0 fully saturated rings. The predicted octanol–water partition coefficient (Wildman–Crippen LogP) is 2.50. The fourth-order valence-corrected chi connectivity index (χ4v) is 3.19. The third-order valence-corrected chi connectivity index (χ3v) is 5.38. The number of hydrogen-bond donors (Lipinski definition) is 1. The minimum Gasteiger partial charge on any atom is -0.330 e. The molecule has 1 aromatic carbocycles. The molecule has 0 radical (unpaired) electrons. The van der Waals surface area contributed by atoms with Crippen LogP contribution in [0.5, 0.6) is 0 Å². The number of sulfone groups is 1. The number of nitrogens with two attached hydrogens (primary N) is 1. The van der Waals surface area contributed by atoms with E-state index in [4.69, 9.17) is 5.73 Å². The summed E-state index contributed by atoms with van der Waals surface area (Å²) < 4.78 is 24.5. The second kappa shape index (κ2) is 5.41. The number of rotatable bonds is 4. The Hall–Kier alpha value is -0.870. The van der Waals surface area contributed by atoms with Crippen molar-refractivity contribution in [1.29, 1.82) is 0 Å². The van der Waals surface area contributed by atoms with Crippen molar-refractivity contribution in [3.05, 3.63) is 29.8 Å². The highest BCUT2D eigenvalue weighted by Gasteiger charge is 2.23. The molecule has 0 saturated carbocycles. The zero-order valence-electron chi connectivity index (χ0n) is 11.6. The van der Waals surface area contributed by atoms with Crippen LogP contribution in [-0.4, -0.2) is 20.2 Å². The van der Waals surface area contributed by atoms with E-state index in [1.165, 1.54) is 0 Å². The molecule has 18 heavy (non-hydrogen) atoms. The SMILES string of the molecule is CC(CCN)S(=O)(=O)c1ccc(C(C)(C)C)cc1. The zero-order chi connectivity index (χ0) is 14.0. The van der Waals surface area contributed by atoms with E-state index < -0.39 is 15.1 Å². The molecule has 0 amide bonds. The van der Waals surface area contributed by atoms with Gasteiger partial charge in [-0.05, 0) is 43.0 Å². The molecule has 0 aliphatic carbocycles. The molecule has 0 aliphatic heterocycles. The summed E-state index contributed by atoms with van der Waals surface area (Å²) >= 11 is 0. The molecule has 0 spiro atoms. The van der Waals surface area contributed by atoms with Gasteiger partial charge in [-0.15, -0.1) is 0 Å². The van der Waals surface area contributed by atoms with Crippen LogP contribution >= 0.6 is 0 Å². The van der Waals surface area contributed by atoms with Gasteiger partial charge in [-0.1, -0.05) is 32.9 Å². The first-order chi connectivity index (χ1) is 8.19. The Morgan fingerprint density at radius 3 is 2.06 bits per heavy atom. The van der Waals surface area contributed by atoms with Gasteiger partial charge in [-0.3, -0.25) is 0 Å². The van der Waals surface area contributed by atoms with Gasteiger partial charge in [-0.25, -0.2) is 8.42 Å². The second-order valence-corrected chi connectivity index (χ2v) is 8.07. The van der Waals surface area contributed by atoms with Crippen LogP contribution < -0.4 is 5.73 Å². The molecule has 1 aromatic rings. The quantitative estimate of drug-likeness (QED) is 0.913. The lowest BCUT2D eigenvalue weighted by atomic mass is 9.87. The Balaban J connectivity index is 3.05. The van der Waals surface area contributed by atoms with E-state index in [9.17, 15) is 8.42 Å². The van der Waals surface area contributed by atoms with E-state index in [0.29, 0.717) is 17.9 Å². The standard InChI is InChI=1S/C14H23NO2S/c1-11(9-10-15)18(16,17)13-7-5-12(6-8-13)14(2,3)4/h5-8,11H,9-10,15H2,1-4H3. The second-order valence-electron chi connectivity index (χ2n) is 5.71. The molecular formula is C14H23NO2S. The van der Waals surface area contributed by atoms with E-state index >= 15 is 0 Å². The molecule has 1 rings (SSSR count). The molecule has 4 heteroatoms. The molecule has 1 unspecified atom stereocenters. The molecule has 102 valence electrons. The summed E-state index contributed by atoms with van der Waals surface area (Å²) in [6, 6.07) is 7.18. The molecule has 2 N–H and O–H groups in total. The lowest BCUT2D eigenvalue weighted by Crippen LogP contribution is -2.21. The number of hydrogen-bond acceptors (Lipinski definition) is 3. The summed E-state index contributed by atoms with van der Waals surface area (Å²) in [5.41, 5.74) is 6.59. The fourth-order valence-electron chi connectivity index (χ4n) is 1.77. The lowest BCUT2D eigenvalue weighted by molar-refractivity contribution is 0.576. The Morgan fingerprint density at radius 2 is 1.67 bits per heavy atom. The maximum Gasteiger partial charge on any atom is 0.181 e. The third kappa shape index (κ3) is 3.33. The van der Waals surface area contributed by atoms with Gasteiger partial charge in [-0.2, -0.15) is 0 Å². The lowest BCUT2D eigenvalue weighted by Gasteiger charge is -2.19. The highest BCUT2D eigenvalue weighted by molar-refractivity contribution is 7.92. The van der Waals surface area contributed by atoms with E-state index in [1.54, 1.807) is 19.1 Å². The van der Waals surface area contributed by atoms with Gasteiger partial charge in [0.25, 0.3) is 0 Å². The van der Waals surface area contributed by atoms with Gasteiger partial charge >= 0.3 is 0 Å². The van der Waals surface area contributed by atoms with Gasteiger partial charge in [0.15, 0.2) is 9.84 Å². The number of benzene rings is 1. The van der Waals surface area contributed by atoms with Crippen molar-refractivity contribution in [1.82, 2.24) is 0 Å². The van der Waals surface area contributed by atoms with Crippen molar-refractivity contribution in [2.75, 3.05) is 6.54 Å². The maximum absolute atomic E-state index is 12.2. The maximum atomic E-state index is 12.2. The average molecular weight is 269 g/mol. The molecule has 0 heterocycles. The van der Waals surface area contributed by atoms with Gasteiger partial charge < -0.3 is 5.73 Å². The average Bonchev–Trinajstić information content (AvgIpc) is 2.28. The summed E-state index contributed by atoms with van der Waals surface area (Å²) in [6.07, 6.45) is 0.489. The summed E-state index contributed by atoms with van der Waals surface area (Å²) in [4.78, 5) is 0.386. The van der Waals surface area contributed by atoms with Crippen LogP contribution in [0.2, 0.25) is 0 Å². The summed E-state index contributed by atoms with van der Waals surface area (Å²) in [5, 5.41) is -0.428. The van der Waals surface area contributed by atoms with Crippen LogP contribution in [0.15, 0.2) is 29.2 Å². The predicted molar refractivity (Wildman–Crippen MR) is 75.5 cm³/mol. The fraction of sp³-hybridized carbons (Fsp3) is 0.571. The van der Waals surface area contributed by atoms with Crippen molar-refractivity contribution in [3.63, 3.8) is 0 Å². The van der Waals surface area contributed by atoms with Gasteiger partial charge in [0.1, 0.15) is 0 Å². The first-order valence-electron chi connectivity index (χ1n) is 6.24. The van der Waals surface area contributed by atoms with Crippen LogP contribution in [0, 0.1) is 0 Å². The van der Waals surface area contributed by atoms with Gasteiger partial charge in [0, 0.05) is 0 Å². The Labute approximate surface area is 110 Å². The highest BCUT2D eigenvalue weighted by Crippen LogP contribution is 2.25. The van der Waals surface area contributed by atoms with Crippen molar-refractivity contribution < 1.29 is 8.42 Å². The zero-order valence-corrected chi connectivity index (χ0v) is 12.4. The van der Waals surface area contributed by atoms with Crippen LogP contribution in [0.1, 0.15) is 39.7 Å². The first-order valence-corrected chi connectivity index (χ1v) is 7.78. The molecule has 0 aromatic heterocycles. The van der Waals surface area contributed by atoms with Crippen molar-refractivity contribution >= 4 is 9.84 Å². The van der Waals surface area contributed by atoms with E-state index in [2.05, 4.69) is 20.8 Å². The van der Waals surface area contributed by atoms with Gasteiger partial charge in [0.05, 0.1) is 10.1 Å². The van der Waals surface area contributed by atoms with Crippen LogP contribution in [-0.2, 0) is 15.3 Å². The van der Waals surface area contributed by atoms with Crippen LogP contribution in [0.4, 0.5) is 0 Å². The summed E-state index contributed by atoms with van der Waals surface area (Å²) in [7, 11) is -3.24. The summed E-state index contributed by atoms with van der Waals surface area (Å²) in [6.45, 7) is 8.41. The van der Waals surface area contributed by atoms with Crippen molar-refractivity contribution in [2.45, 2.75) is 49.7 Å². The van der Waals surface area contributed by atoms with Crippen molar-refractivity contribution in [2.24, 2.45) is 5.73 Å². The molecule has 3 nitrogen and oxygen atoms in total. The van der Waals surface area contributed by atoms with Crippen molar-refractivity contribution in [3.8, 4) is 0 Å². The first kappa shape index (κ1) is 15.2. The Morgan fingerprint density at radius 1 is 1.17 bits per heavy atom. The minimum absolute atomic E-state index is 0.0329. The van der Waals surface area contributed by atoms with E-state index in [-0.39, 0.29) is 5.41 Å². The molecule has 0 aliphatic rings. The third-order valence-electron chi connectivity index (χ3n) is 3.15. The molecule has 0 bridgehead atoms. The Kier molecular flexibility index (Phi) is 4.56. The smallest absolute Gasteiger partial charge is 0.181 e. The minimum atomic E-state index is -3.24. The summed E-state index contributed by atoms with van der Waals surface area (Å²) in [5.74, 6) is 0. The molecule has 0 saturated heterocycles. The van der Waals surface area contributed by atoms with Crippen LogP contribution in [0.25, 0.3) is 0 Å². The molecule has 1 atom stereocenters. The molecular weight excluding hydrogens is 246 g/mol. The normalized spacial score (nSPS) is 14.5. The topological polar surface area (TPSA) is 60.2 Å².